The molecule has 0 aliphatic heterocycles. The third-order valence-electron chi connectivity index (χ3n) is 0. The van der Waals surface area contributed by atoms with Crippen LogP contribution < -0.4 is 0 Å². The second-order valence-corrected chi connectivity index (χ2v) is 0.707. The molecule has 0 aromatic carbocycles. The summed E-state index contributed by atoms with van der Waals surface area (Å²) in [4.78, 5) is 0. The quantitative estimate of drug-likeness (QED) is 0.418. The minimum atomic E-state index is 0. The summed E-state index contributed by atoms with van der Waals surface area (Å²) in [6.45, 7) is 4.25. The van der Waals surface area contributed by atoms with Gasteiger partial charge in [-0.3, -0.25) is 0 Å². The van der Waals surface area contributed by atoms with Crippen LogP contribution in [0.4, 0.5) is 0 Å². The van der Waals surface area contributed by atoms with E-state index in [1.54, 1.807) is 0 Å². The van der Waals surface area contributed by atoms with Gasteiger partial charge in [0.25, 0.3) is 0 Å². The average Bonchev–Trinajstić information content (AvgIpc) is 0.918. The molecule has 0 aromatic heterocycles. The Hall–Kier alpha value is 0. The van der Waals surface area contributed by atoms with E-state index in [4.69, 9.17) is 0 Å². The summed E-state index contributed by atoms with van der Waals surface area (Å²) >= 11 is 0. The second-order valence-electron chi connectivity index (χ2n) is 0.707. The van der Waals surface area contributed by atoms with Gasteiger partial charge in [0.15, 0.2) is 0 Å². The normalized spacial score (nSPS) is 3.60. The Bertz CT molecular complexity index is 3.90. The smallest absolute Gasteiger partial charge is 0 e. The van der Waals surface area contributed by atoms with E-state index in [-0.39, 0.29) is 16.3 Å². The molecule has 0 N–H and O–H groups in total. The number of hydrogen-bond donors (Lipinski definition) is 0. The Labute approximate surface area is 37.7 Å². The molecule has 0 rings (SSSR count). The summed E-state index contributed by atoms with van der Waals surface area (Å²) in [5.74, 6) is 0. The number of hydrogen-bond acceptors (Lipinski definition) is 0. The molecule has 5 heavy (non-hydrogen) atoms. The fourth-order valence-electron chi connectivity index (χ4n) is 0. The Balaban J connectivity index is -0.00000000667. The van der Waals surface area contributed by atoms with E-state index in [0.29, 0.717) is 0 Å². The van der Waals surface area contributed by atoms with Crippen LogP contribution in [0.5, 0.6) is 0 Å². The van der Waals surface area contributed by atoms with Crippen molar-refractivity contribution in [3.8, 4) is 0 Å². The maximum atomic E-state index is 2.12. The van der Waals surface area contributed by atoms with E-state index in [1.807, 2.05) is 0 Å². The van der Waals surface area contributed by atoms with E-state index in [9.17, 15) is 0 Å². The molecule has 0 saturated carbocycles. The fraction of sp³-hybridized carbons (Fsp3) is 1.00. The highest BCUT2D eigenvalue weighted by atomic mass is 13.4. The van der Waals surface area contributed by atoms with Crippen molar-refractivity contribution < 1.29 is 1.43 Å². The lowest BCUT2D eigenvalue weighted by molar-refractivity contribution is 1.09. The van der Waals surface area contributed by atoms with E-state index in [0.717, 1.165) is 0 Å². The van der Waals surface area contributed by atoms with Crippen LogP contribution in [0, 0.1) is 0 Å². The van der Waals surface area contributed by atoms with Gasteiger partial charge in [-0.2, -0.15) is 0 Å². The van der Waals surface area contributed by atoms with Gasteiger partial charge < -0.3 is 0 Å². The summed E-state index contributed by atoms with van der Waals surface area (Å²) < 4.78 is 0. The van der Waals surface area contributed by atoms with Crippen molar-refractivity contribution >= 4 is 0 Å². The van der Waals surface area contributed by atoms with Crippen LogP contribution in [-0.2, 0) is 0 Å². The second kappa shape index (κ2) is 36.0. The lowest BCUT2D eigenvalue weighted by Gasteiger charge is -1.48. The van der Waals surface area contributed by atoms with Crippen LogP contribution >= 0.6 is 0 Å². The van der Waals surface area contributed by atoms with Crippen LogP contribution in [0.3, 0.4) is 0 Å². The summed E-state index contributed by atoms with van der Waals surface area (Å²) in [5, 5.41) is 0. The summed E-state index contributed by atoms with van der Waals surface area (Å²) in [6.07, 6.45) is 1.25. The van der Waals surface area contributed by atoms with Crippen LogP contribution in [0.15, 0.2) is 0 Å². The standard InChI is InChI=1S/C3H8.2CH4.H2/c1-3-2;;;/h3H2,1-2H3;2*1H4;1H. The topological polar surface area (TPSA) is 0 Å². The van der Waals surface area contributed by atoms with Gasteiger partial charge in [-0.25, -0.2) is 0 Å². The van der Waals surface area contributed by atoms with Crippen LogP contribution in [0.1, 0.15) is 36.5 Å². The molecule has 0 nitrogen and oxygen atoms in total. The third-order valence-corrected chi connectivity index (χ3v) is 0. The first-order valence-electron chi connectivity index (χ1n) is 1.41. The summed E-state index contributed by atoms with van der Waals surface area (Å²) in [7, 11) is 0. The van der Waals surface area contributed by atoms with Crippen molar-refractivity contribution in [1.29, 1.82) is 0 Å². The van der Waals surface area contributed by atoms with Gasteiger partial charge in [0, 0.05) is 1.43 Å². The molecule has 0 saturated heterocycles. The largest absolute Gasteiger partial charge is 0.0776 e. The SMILES string of the molecule is C.C.CCC.[HH]. The minimum absolute atomic E-state index is 0. The molecule has 0 spiro atoms. The molecule has 0 aromatic rings. The molecule has 0 radical (unpaired) electrons. The van der Waals surface area contributed by atoms with Gasteiger partial charge >= 0.3 is 0 Å². The molecule has 0 amide bonds. The fourth-order valence-corrected chi connectivity index (χ4v) is 0. The predicted molar refractivity (Wildman–Crippen MR) is 31.5 cm³/mol. The average molecular weight is 78.2 g/mol. The maximum absolute atomic E-state index is 2.12. The highest BCUT2D eigenvalue weighted by Crippen LogP contribution is 1.56. The lowest BCUT2D eigenvalue weighted by Crippen LogP contribution is -1.27. The molecule has 0 atom stereocenters. The van der Waals surface area contributed by atoms with Gasteiger partial charge in [0.1, 0.15) is 0 Å². The van der Waals surface area contributed by atoms with Gasteiger partial charge in [-0.1, -0.05) is 35.1 Å². The monoisotopic (exact) mass is 78.1 g/mol. The van der Waals surface area contributed by atoms with E-state index < -0.39 is 0 Å². The van der Waals surface area contributed by atoms with Crippen molar-refractivity contribution in [2.75, 3.05) is 0 Å². The molecule has 0 fully saturated rings. The first kappa shape index (κ1) is 20.0. The Kier molecular flexibility index (Phi) is 144. The van der Waals surface area contributed by atoms with Gasteiger partial charge in [0.2, 0.25) is 0 Å². The first-order chi connectivity index (χ1) is 1.41. The van der Waals surface area contributed by atoms with Crippen LogP contribution in [0.25, 0.3) is 0 Å². The highest BCUT2D eigenvalue weighted by molar-refractivity contribution is 3.92. The molecule has 0 aliphatic carbocycles. The maximum Gasteiger partial charge on any atom is 0 e. The lowest BCUT2D eigenvalue weighted by atomic mass is 10.6. The van der Waals surface area contributed by atoms with E-state index in [2.05, 4.69) is 13.8 Å². The van der Waals surface area contributed by atoms with E-state index >= 15 is 0 Å². The minimum Gasteiger partial charge on any atom is -0.0776 e. The third kappa shape index (κ3) is 0. The van der Waals surface area contributed by atoms with Crippen molar-refractivity contribution in [3.05, 3.63) is 0 Å². The molecule has 0 bridgehead atoms. The Morgan fingerprint density at radius 2 is 1.20 bits per heavy atom. The zero-order valence-electron chi connectivity index (χ0n) is 2.71. The molecular formula is C5H18. The predicted octanol–water partition coefficient (Wildman–Crippen LogP) is 2.93. The molecule has 0 heteroatoms. The summed E-state index contributed by atoms with van der Waals surface area (Å²) in [6, 6.07) is 0. The molecule has 38 valence electrons. The van der Waals surface area contributed by atoms with Crippen molar-refractivity contribution in [3.63, 3.8) is 0 Å². The van der Waals surface area contributed by atoms with Crippen LogP contribution in [-0.4, -0.2) is 0 Å². The zero-order chi connectivity index (χ0) is 2.71. The van der Waals surface area contributed by atoms with Crippen molar-refractivity contribution in [2.24, 2.45) is 0 Å². The molecular weight excluding hydrogens is 60.1 g/mol. The van der Waals surface area contributed by atoms with Crippen molar-refractivity contribution in [2.45, 2.75) is 35.1 Å². The van der Waals surface area contributed by atoms with Gasteiger partial charge in [0.05, 0.1) is 0 Å². The van der Waals surface area contributed by atoms with Gasteiger partial charge in [-0.05, 0) is 0 Å². The van der Waals surface area contributed by atoms with Gasteiger partial charge in [-0.15, -0.1) is 0 Å². The first-order valence-corrected chi connectivity index (χ1v) is 1.41. The Morgan fingerprint density at radius 1 is 1.20 bits per heavy atom. The molecule has 0 heterocycles. The summed E-state index contributed by atoms with van der Waals surface area (Å²) in [5.41, 5.74) is 0. The van der Waals surface area contributed by atoms with E-state index in [1.165, 1.54) is 6.42 Å². The van der Waals surface area contributed by atoms with Crippen molar-refractivity contribution in [1.82, 2.24) is 0 Å². The van der Waals surface area contributed by atoms with Crippen LogP contribution in [0.2, 0.25) is 0 Å². The Morgan fingerprint density at radius 3 is 1.20 bits per heavy atom. The highest BCUT2D eigenvalue weighted by Gasteiger charge is 1.35. The molecule has 0 aliphatic rings. The zero-order valence-corrected chi connectivity index (χ0v) is 2.71. The number of rotatable bonds is 0. The molecule has 0 unspecified atom stereocenters.